The minimum absolute atomic E-state index is 0.0207. The Kier molecular flexibility index (Phi) is 3.43. The summed E-state index contributed by atoms with van der Waals surface area (Å²) in [6.45, 7) is 6.12. The molecule has 5 heteroatoms. The van der Waals surface area contributed by atoms with E-state index in [1.54, 1.807) is 0 Å². The van der Waals surface area contributed by atoms with Gasteiger partial charge in [0, 0.05) is 5.92 Å². The van der Waals surface area contributed by atoms with E-state index < -0.39 is 0 Å². The van der Waals surface area contributed by atoms with Crippen LogP contribution in [0.5, 0.6) is 0 Å². The average molecular weight is 224 g/mol. The summed E-state index contributed by atoms with van der Waals surface area (Å²) in [5, 5.41) is 3.33. The van der Waals surface area contributed by atoms with Crippen molar-refractivity contribution in [1.82, 2.24) is 16.2 Å². The van der Waals surface area contributed by atoms with Gasteiger partial charge in [-0.2, -0.15) is 0 Å². The lowest BCUT2D eigenvalue weighted by molar-refractivity contribution is -0.124. The summed E-state index contributed by atoms with van der Waals surface area (Å²) < 4.78 is 0. The molecule has 1 fully saturated rings. The third kappa shape index (κ3) is 2.35. The maximum Gasteiger partial charge on any atom is 0.263 e. The van der Waals surface area contributed by atoms with Gasteiger partial charge in [0.05, 0.1) is 0 Å². The minimum Gasteiger partial charge on any atom is -0.317 e. The Hall–Kier alpha value is -1.10. The van der Waals surface area contributed by atoms with E-state index in [-0.39, 0.29) is 17.9 Å². The molecule has 2 aliphatic rings. The number of nitrogens with zero attached hydrogens (tertiary/aromatic N) is 1. The summed E-state index contributed by atoms with van der Waals surface area (Å²) >= 11 is 0. The van der Waals surface area contributed by atoms with Crippen molar-refractivity contribution in [2.45, 2.75) is 32.7 Å². The molecule has 0 saturated carbocycles. The van der Waals surface area contributed by atoms with E-state index in [1.807, 2.05) is 13.8 Å². The second-order valence-corrected chi connectivity index (χ2v) is 4.84. The number of rotatable bonds is 2. The van der Waals surface area contributed by atoms with Crippen LogP contribution in [0.15, 0.2) is 4.99 Å². The third-order valence-electron chi connectivity index (χ3n) is 3.22. The van der Waals surface area contributed by atoms with E-state index in [1.165, 1.54) is 0 Å². The zero-order valence-electron chi connectivity index (χ0n) is 9.92. The molecule has 1 unspecified atom stereocenters. The van der Waals surface area contributed by atoms with Crippen molar-refractivity contribution >= 4 is 11.7 Å². The van der Waals surface area contributed by atoms with Gasteiger partial charge < -0.3 is 5.32 Å². The lowest BCUT2D eigenvalue weighted by atomic mass is 9.95. The van der Waals surface area contributed by atoms with Crippen molar-refractivity contribution in [3.63, 3.8) is 0 Å². The van der Waals surface area contributed by atoms with Gasteiger partial charge in [-0.05, 0) is 31.8 Å². The summed E-state index contributed by atoms with van der Waals surface area (Å²) in [5.41, 5.74) is 5.67. The highest BCUT2D eigenvalue weighted by atomic mass is 16.2. The molecule has 16 heavy (non-hydrogen) atoms. The fraction of sp³-hybridized carbons (Fsp3) is 0.818. The highest BCUT2D eigenvalue weighted by molar-refractivity contribution is 5.94. The lowest BCUT2D eigenvalue weighted by Gasteiger charge is -2.30. The van der Waals surface area contributed by atoms with Gasteiger partial charge in [-0.15, -0.1) is 0 Å². The maximum absolute atomic E-state index is 11.6. The third-order valence-corrected chi connectivity index (χ3v) is 3.22. The van der Waals surface area contributed by atoms with E-state index in [0.717, 1.165) is 31.8 Å². The largest absolute Gasteiger partial charge is 0.317 e. The molecule has 0 aliphatic carbocycles. The van der Waals surface area contributed by atoms with Gasteiger partial charge in [-0.25, -0.2) is 0 Å². The fourth-order valence-corrected chi connectivity index (χ4v) is 2.19. The number of carbonyl (C=O) groups is 1. The Morgan fingerprint density at radius 1 is 1.25 bits per heavy atom. The van der Waals surface area contributed by atoms with Crippen LogP contribution in [-0.4, -0.2) is 30.9 Å². The minimum atomic E-state index is -0.230. The summed E-state index contributed by atoms with van der Waals surface area (Å²) in [4.78, 5) is 16.1. The molecule has 2 heterocycles. The van der Waals surface area contributed by atoms with Crippen LogP contribution in [0.1, 0.15) is 26.7 Å². The first-order valence-corrected chi connectivity index (χ1v) is 6.02. The molecular formula is C11H20N4O. The second-order valence-electron chi connectivity index (χ2n) is 4.84. The molecule has 2 rings (SSSR count). The number of hydrogen-bond donors (Lipinski definition) is 3. The van der Waals surface area contributed by atoms with Crippen LogP contribution in [-0.2, 0) is 4.79 Å². The Balaban J connectivity index is 2.08. The zero-order chi connectivity index (χ0) is 11.5. The molecule has 1 amide bonds. The molecule has 1 saturated heterocycles. The number of aliphatic imine (C=N–C) groups is 1. The SMILES string of the molecule is CC(C)C1N=C(C2CCNCC2)NNC1=O. The average Bonchev–Trinajstić information content (AvgIpc) is 2.30. The van der Waals surface area contributed by atoms with Crippen molar-refractivity contribution in [1.29, 1.82) is 0 Å². The molecular weight excluding hydrogens is 204 g/mol. The van der Waals surface area contributed by atoms with Gasteiger partial charge in [0.2, 0.25) is 0 Å². The van der Waals surface area contributed by atoms with Gasteiger partial charge in [-0.3, -0.25) is 20.6 Å². The highest BCUT2D eigenvalue weighted by Gasteiger charge is 2.29. The quantitative estimate of drug-likeness (QED) is 0.620. The second kappa shape index (κ2) is 4.82. The van der Waals surface area contributed by atoms with E-state index in [4.69, 9.17) is 0 Å². The van der Waals surface area contributed by atoms with Crippen LogP contribution < -0.4 is 16.2 Å². The molecule has 0 bridgehead atoms. The summed E-state index contributed by atoms with van der Waals surface area (Å²) in [7, 11) is 0. The number of hydrazine groups is 1. The van der Waals surface area contributed by atoms with Crippen LogP contribution in [0.3, 0.4) is 0 Å². The molecule has 0 radical (unpaired) electrons. The number of hydrogen-bond acceptors (Lipinski definition) is 4. The van der Waals surface area contributed by atoms with Crippen molar-refractivity contribution in [2.24, 2.45) is 16.8 Å². The molecule has 90 valence electrons. The number of amidine groups is 1. The van der Waals surface area contributed by atoms with Crippen molar-refractivity contribution in [2.75, 3.05) is 13.1 Å². The number of amides is 1. The Morgan fingerprint density at radius 2 is 1.94 bits per heavy atom. The highest BCUT2D eigenvalue weighted by Crippen LogP contribution is 2.17. The Morgan fingerprint density at radius 3 is 2.56 bits per heavy atom. The lowest BCUT2D eigenvalue weighted by Crippen LogP contribution is -2.55. The predicted molar refractivity (Wildman–Crippen MR) is 62.9 cm³/mol. The molecule has 1 atom stereocenters. The molecule has 2 aliphatic heterocycles. The van der Waals surface area contributed by atoms with Crippen molar-refractivity contribution in [3.05, 3.63) is 0 Å². The normalized spacial score (nSPS) is 27.3. The van der Waals surface area contributed by atoms with Crippen LogP contribution in [0.4, 0.5) is 0 Å². The number of piperidine rings is 1. The van der Waals surface area contributed by atoms with Gasteiger partial charge >= 0.3 is 0 Å². The van der Waals surface area contributed by atoms with Gasteiger partial charge in [0.1, 0.15) is 11.9 Å². The molecule has 0 aromatic heterocycles. The van der Waals surface area contributed by atoms with Gasteiger partial charge in [0.25, 0.3) is 5.91 Å². The van der Waals surface area contributed by atoms with E-state index in [2.05, 4.69) is 21.2 Å². The molecule has 0 spiro atoms. The monoisotopic (exact) mass is 224 g/mol. The number of carbonyl (C=O) groups excluding carboxylic acids is 1. The predicted octanol–water partition coefficient (Wildman–Crippen LogP) is 0.0435. The number of nitrogens with one attached hydrogen (secondary N) is 3. The summed E-state index contributed by atoms with van der Waals surface area (Å²) in [6.07, 6.45) is 2.18. The first kappa shape index (κ1) is 11.4. The van der Waals surface area contributed by atoms with E-state index >= 15 is 0 Å². The molecule has 3 N–H and O–H groups in total. The van der Waals surface area contributed by atoms with Crippen molar-refractivity contribution < 1.29 is 4.79 Å². The topological polar surface area (TPSA) is 65.5 Å². The van der Waals surface area contributed by atoms with E-state index in [9.17, 15) is 4.79 Å². The van der Waals surface area contributed by atoms with Crippen molar-refractivity contribution in [3.8, 4) is 0 Å². The molecule has 0 aromatic rings. The van der Waals surface area contributed by atoms with E-state index in [0.29, 0.717) is 5.92 Å². The zero-order valence-corrected chi connectivity index (χ0v) is 9.92. The van der Waals surface area contributed by atoms with Crippen LogP contribution in [0, 0.1) is 11.8 Å². The molecule has 0 aromatic carbocycles. The Labute approximate surface area is 96.1 Å². The smallest absolute Gasteiger partial charge is 0.263 e. The van der Waals surface area contributed by atoms with Gasteiger partial charge in [0.15, 0.2) is 0 Å². The maximum atomic E-state index is 11.6. The van der Waals surface area contributed by atoms with Crippen LogP contribution in [0.2, 0.25) is 0 Å². The Bertz CT molecular complexity index is 294. The fourth-order valence-electron chi connectivity index (χ4n) is 2.19. The first-order valence-electron chi connectivity index (χ1n) is 6.02. The van der Waals surface area contributed by atoms with Crippen LogP contribution >= 0.6 is 0 Å². The summed E-state index contributed by atoms with van der Waals surface area (Å²) in [5.74, 6) is 1.65. The standard InChI is InChI=1S/C11H20N4O/c1-7(2)9-11(16)15-14-10(13-9)8-3-5-12-6-4-8/h7-9,12H,3-6H2,1-2H3,(H,13,14)(H,15,16). The van der Waals surface area contributed by atoms with Crippen LogP contribution in [0.25, 0.3) is 0 Å². The first-order chi connectivity index (χ1) is 7.68. The summed E-state index contributed by atoms with van der Waals surface area (Å²) in [6, 6.07) is -0.230. The van der Waals surface area contributed by atoms with Gasteiger partial charge in [-0.1, -0.05) is 13.8 Å². The molecule has 5 nitrogen and oxygen atoms in total.